The van der Waals surface area contributed by atoms with Crippen LogP contribution in [0.1, 0.15) is 51.4 Å². The van der Waals surface area contributed by atoms with E-state index in [0.29, 0.717) is 0 Å². The fraction of sp³-hybridized carbons (Fsp3) is 0.857. The van der Waals surface area contributed by atoms with Gasteiger partial charge in [0, 0.05) is 0 Å². The average molecular weight is 285 g/mol. The molecule has 4 nitrogen and oxygen atoms in total. The zero-order chi connectivity index (χ0) is 13.7. The number of hydrogen-bond acceptors (Lipinski definition) is 3. The van der Waals surface area contributed by atoms with Crippen LogP contribution >= 0.6 is 11.8 Å². The van der Waals surface area contributed by atoms with Crippen molar-refractivity contribution in [3.63, 3.8) is 0 Å². The Balaban J connectivity index is 1.91. The van der Waals surface area contributed by atoms with Gasteiger partial charge in [-0.15, -0.1) is 11.8 Å². The normalized spacial score (nSPS) is 26.6. The molecule has 1 aliphatic heterocycles. The Kier molecular flexibility index (Phi) is 5.55. The summed E-state index contributed by atoms with van der Waals surface area (Å²) in [7, 11) is 0. The zero-order valence-corrected chi connectivity index (χ0v) is 12.1. The summed E-state index contributed by atoms with van der Waals surface area (Å²) in [6.07, 6.45) is 8.34. The number of carboxylic acids is 1. The number of nitrogens with one attached hydrogen (secondary N) is 1. The van der Waals surface area contributed by atoms with Crippen LogP contribution in [-0.2, 0) is 9.59 Å². The highest BCUT2D eigenvalue weighted by Gasteiger charge is 2.33. The van der Waals surface area contributed by atoms with E-state index in [1.54, 1.807) is 11.8 Å². The van der Waals surface area contributed by atoms with Gasteiger partial charge in [-0.3, -0.25) is 4.79 Å². The van der Waals surface area contributed by atoms with E-state index in [1.165, 1.54) is 12.8 Å². The van der Waals surface area contributed by atoms with Crippen molar-refractivity contribution in [2.24, 2.45) is 5.92 Å². The molecule has 0 spiro atoms. The number of carboxylic acid groups (broad SMARTS) is 1. The van der Waals surface area contributed by atoms with Crippen LogP contribution in [0.3, 0.4) is 0 Å². The van der Waals surface area contributed by atoms with E-state index in [9.17, 15) is 14.7 Å². The number of amides is 1. The minimum absolute atomic E-state index is 0.0424. The highest BCUT2D eigenvalue weighted by atomic mass is 32.2. The van der Waals surface area contributed by atoms with Crippen LogP contribution in [0, 0.1) is 5.92 Å². The second kappa shape index (κ2) is 7.17. The van der Waals surface area contributed by atoms with Crippen LogP contribution in [0.5, 0.6) is 0 Å². The zero-order valence-electron chi connectivity index (χ0n) is 11.3. The Bertz CT molecular complexity index is 323. The summed E-state index contributed by atoms with van der Waals surface area (Å²) in [5.41, 5.74) is 0. The topological polar surface area (TPSA) is 66.4 Å². The van der Waals surface area contributed by atoms with Crippen molar-refractivity contribution in [2.45, 2.75) is 62.7 Å². The summed E-state index contributed by atoms with van der Waals surface area (Å²) in [5.74, 6) is 0.187. The molecule has 1 amide bonds. The Hall–Kier alpha value is -0.710. The Morgan fingerprint density at radius 2 is 1.74 bits per heavy atom. The van der Waals surface area contributed by atoms with Gasteiger partial charge >= 0.3 is 5.97 Å². The first-order valence-corrected chi connectivity index (χ1v) is 8.38. The monoisotopic (exact) mass is 285 g/mol. The highest BCUT2D eigenvalue weighted by Crippen LogP contribution is 2.28. The third kappa shape index (κ3) is 4.13. The molecule has 0 aromatic carbocycles. The van der Waals surface area contributed by atoms with E-state index in [1.807, 2.05) is 0 Å². The molecule has 0 radical (unpaired) electrons. The number of thioether (sulfide) groups is 1. The SMILES string of the molecule is O=C(NC(C(=O)O)C1CCCCC1)C1CCCCS1. The molecular weight excluding hydrogens is 262 g/mol. The minimum Gasteiger partial charge on any atom is -0.480 e. The van der Waals surface area contributed by atoms with Gasteiger partial charge in [-0.25, -0.2) is 4.79 Å². The predicted molar refractivity (Wildman–Crippen MR) is 76.2 cm³/mol. The molecule has 2 aliphatic rings. The lowest BCUT2D eigenvalue weighted by Crippen LogP contribution is -2.49. The molecule has 19 heavy (non-hydrogen) atoms. The first kappa shape index (κ1) is 14.7. The van der Waals surface area contributed by atoms with E-state index < -0.39 is 12.0 Å². The van der Waals surface area contributed by atoms with Gasteiger partial charge in [-0.2, -0.15) is 0 Å². The maximum absolute atomic E-state index is 12.2. The standard InChI is InChI=1S/C14H23NO3S/c16-13(11-8-4-5-9-19-11)15-12(14(17)18)10-6-2-1-3-7-10/h10-12H,1-9H2,(H,15,16)(H,17,18). The Morgan fingerprint density at radius 3 is 2.32 bits per heavy atom. The summed E-state index contributed by atoms with van der Waals surface area (Å²) >= 11 is 1.67. The third-order valence-corrected chi connectivity index (χ3v) is 5.53. The van der Waals surface area contributed by atoms with Crippen LogP contribution in [-0.4, -0.2) is 34.0 Å². The summed E-state index contributed by atoms with van der Waals surface area (Å²) in [6, 6.07) is -0.685. The summed E-state index contributed by atoms with van der Waals surface area (Å²) in [4.78, 5) is 23.6. The van der Waals surface area contributed by atoms with Crippen molar-refractivity contribution in [2.75, 3.05) is 5.75 Å². The Morgan fingerprint density at radius 1 is 1.05 bits per heavy atom. The second-order valence-corrected chi connectivity index (χ2v) is 6.89. The minimum atomic E-state index is -0.874. The maximum atomic E-state index is 12.2. The van der Waals surface area contributed by atoms with E-state index in [4.69, 9.17) is 0 Å². The molecule has 2 atom stereocenters. The van der Waals surface area contributed by atoms with Gasteiger partial charge in [0.25, 0.3) is 0 Å². The molecule has 1 saturated heterocycles. The number of aliphatic carboxylic acids is 1. The van der Waals surface area contributed by atoms with Gasteiger partial charge in [0.05, 0.1) is 5.25 Å². The lowest BCUT2D eigenvalue weighted by molar-refractivity contribution is -0.143. The molecule has 1 heterocycles. The van der Waals surface area contributed by atoms with Gasteiger partial charge in [-0.1, -0.05) is 25.7 Å². The second-order valence-electron chi connectivity index (χ2n) is 5.58. The largest absolute Gasteiger partial charge is 0.480 e. The molecule has 2 unspecified atom stereocenters. The number of carbonyl (C=O) groups excluding carboxylic acids is 1. The fourth-order valence-electron chi connectivity index (χ4n) is 3.04. The van der Waals surface area contributed by atoms with Crippen LogP contribution in [0.15, 0.2) is 0 Å². The lowest BCUT2D eigenvalue weighted by atomic mass is 9.84. The number of rotatable bonds is 4. The molecule has 0 aromatic heterocycles. The molecule has 1 saturated carbocycles. The first-order valence-electron chi connectivity index (χ1n) is 7.33. The Labute approximate surface area is 118 Å². The fourth-order valence-corrected chi connectivity index (χ4v) is 4.25. The molecule has 2 rings (SSSR count). The summed E-state index contributed by atoms with van der Waals surface area (Å²) in [6.45, 7) is 0. The highest BCUT2D eigenvalue weighted by molar-refractivity contribution is 8.00. The van der Waals surface area contributed by atoms with E-state index in [2.05, 4.69) is 5.32 Å². The van der Waals surface area contributed by atoms with E-state index in [-0.39, 0.29) is 17.1 Å². The number of hydrogen-bond donors (Lipinski definition) is 2. The predicted octanol–water partition coefficient (Wildman–Crippen LogP) is 2.42. The third-order valence-electron chi connectivity index (χ3n) is 4.16. The van der Waals surface area contributed by atoms with Crippen molar-refractivity contribution < 1.29 is 14.7 Å². The molecule has 0 aromatic rings. The van der Waals surface area contributed by atoms with Gasteiger partial charge in [-0.05, 0) is 37.4 Å². The smallest absolute Gasteiger partial charge is 0.326 e. The number of carbonyl (C=O) groups is 2. The van der Waals surface area contributed by atoms with Crippen LogP contribution in [0.25, 0.3) is 0 Å². The van der Waals surface area contributed by atoms with Crippen molar-refractivity contribution in [3.05, 3.63) is 0 Å². The van der Waals surface area contributed by atoms with Crippen LogP contribution in [0.2, 0.25) is 0 Å². The van der Waals surface area contributed by atoms with Gasteiger partial charge in [0.15, 0.2) is 0 Å². The summed E-state index contributed by atoms with van der Waals surface area (Å²) in [5, 5.41) is 12.1. The molecule has 108 valence electrons. The van der Waals surface area contributed by atoms with Crippen molar-refractivity contribution in [3.8, 4) is 0 Å². The summed E-state index contributed by atoms with van der Waals surface area (Å²) < 4.78 is 0. The van der Waals surface area contributed by atoms with Crippen molar-refractivity contribution in [1.82, 2.24) is 5.32 Å². The van der Waals surface area contributed by atoms with Crippen LogP contribution in [0.4, 0.5) is 0 Å². The quantitative estimate of drug-likeness (QED) is 0.832. The molecule has 5 heteroatoms. The lowest BCUT2D eigenvalue weighted by Gasteiger charge is -2.30. The average Bonchev–Trinajstić information content (AvgIpc) is 2.46. The molecular formula is C14H23NO3S. The van der Waals surface area contributed by atoms with E-state index in [0.717, 1.165) is 44.3 Å². The first-order chi connectivity index (χ1) is 9.18. The maximum Gasteiger partial charge on any atom is 0.326 e. The van der Waals surface area contributed by atoms with Gasteiger partial charge in [0.1, 0.15) is 6.04 Å². The van der Waals surface area contributed by atoms with Gasteiger partial charge < -0.3 is 10.4 Å². The van der Waals surface area contributed by atoms with Crippen molar-refractivity contribution >= 4 is 23.6 Å². The molecule has 1 aliphatic carbocycles. The molecule has 0 bridgehead atoms. The van der Waals surface area contributed by atoms with Crippen molar-refractivity contribution in [1.29, 1.82) is 0 Å². The van der Waals surface area contributed by atoms with E-state index >= 15 is 0 Å². The van der Waals surface area contributed by atoms with Gasteiger partial charge in [0.2, 0.25) is 5.91 Å². The molecule has 2 N–H and O–H groups in total. The van der Waals surface area contributed by atoms with Crippen LogP contribution < -0.4 is 5.32 Å². The molecule has 2 fully saturated rings.